The highest BCUT2D eigenvalue weighted by molar-refractivity contribution is 5.95. The van der Waals surface area contributed by atoms with E-state index in [4.69, 9.17) is 0 Å². The predicted octanol–water partition coefficient (Wildman–Crippen LogP) is 7.60. The van der Waals surface area contributed by atoms with E-state index < -0.39 is 0 Å². The lowest BCUT2D eigenvalue weighted by Crippen LogP contribution is -2.30. The molecule has 4 rings (SSSR count). The van der Waals surface area contributed by atoms with Gasteiger partial charge in [-0.15, -0.1) is 0 Å². The molecule has 34 heavy (non-hydrogen) atoms. The van der Waals surface area contributed by atoms with Crippen molar-refractivity contribution in [3.63, 3.8) is 0 Å². The van der Waals surface area contributed by atoms with E-state index in [0.29, 0.717) is 0 Å². The Morgan fingerprint density at radius 3 is 1.94 bits per heavy atom. The van der Waals surface area contributed by atoms with Crippen LogP contribution in [0.2, 0.25) is 0 Å². The van der Waals surface area contributed by atoms with Gasteiger partial charge in [0.2, 0.25) is 0 Å². The highest BCUT2D eigenvalue weighted by Crippen LogP contribution is 2.41. The minimum absolute atomic E-state index is 0.753. The van der Waals surface area contributed by atoms with Gasteiger partial charge in [0.15, 0.2) is 12.4 Å². The number of anilines is 3. The van der Waals surface area contributed by atoms with Gasteiger partial charge in [0, 0.05) is 47.4 Å². The van der Waals surface area contributed by atoms with Crippen LogP contribution in [0.1, 0.15) is 31.9 Å². The normalized spacial score (nSPS) is 11.4. The molecule has 3 nitrogen and oxygen atoms in total. The van der Waals surface area contributed by atoms with Gasteiger partial charge >= 0.3 is 0 Å². The number of nitrogens with zero attached hydrogens (tertiary/aromatic N) is 3. The van der Waals surface area contributed by atoms with Crippen LogP contribution < -0.4 is 9.47 Å². The zero-order valence-corrected chi connectivity index (χ0v) is 20.2. The number of para-hydroxylation sites is 2. The van der Waals surface area contributed by atoms with Crippen LogP contribution in [-0.4, -0.2) is 12.8 Å². The fraction of sp³-hybridized carbons (Fsp3) is 0.161. The van der Waals surface area contributed by atoms with Crippen LogP contribution in [0.3, 0.4) is 0 Å². The summed E-state index contributed by atoms with van der Waals surface area (Å²) in [6.07, 6.45) is 10.5. The van der Waals surface area contributed by atoms with Crippen molar-refractivity contribution in [2.75, 3.05) is 11.4 Å². The lowest BCUT2D eigenvalue weighted by Gasteiger charge is -2.28. The topological polar surface area (TPSA) is 19.5 Å². The van der Waals surface area contributed by atoms with Crippen molar-refractivity contribution in [2.45, 2.75) is 27.3 Å². The van der Waals surface area contributed by atoms with E-state index in [1.54, 1.807) is 0 Å². The molecule has 0 aliphatic heterocycles. The Hall–Kier alpha value is -3.98. The quantitative estimate of drug-likeness (QED) is 0.201. The van der Waals surface area contributed by atoms with Crippen molar-refractivity contribution >= 4 is 29.4 Å². The van der Waals surface area contributed by atoms with Crippen molar-refractivity contribution in [3.05, 3.63) is 115 Å². The third kappa shape index (κ3) is 5.15. The lowest BCUT2D eigenvalue weighted by atomic mass is 9.96. The molecule has 1 aromatic heterocycles. The minimum atomic E-state index is 0.753. The predicted molar refractivity (Wildman–Crippen MR) is 145 cm³/mol. The Balaban J connectivity index is 2.03. The molecule has 3 aromatic carbocycles. The average molecular weight is 447 g/mol. The van der Waals surface area contributed by atoms with Crippen LogP contribution in [0.25, 0.3) is 17.2 Å². The summed E-state index contributed by atoms with van der Waals surface area (Å²) in [6, 6.07) is 30.1. The highest BCUT2D eigenvalue weighted by atomic mass is 15.1. The molecule has 0 spiro atoms. The van der Waals surface area contributed by atoms with Crippen LogP contribution >= 0.6 is 0 Å². The first-order chi connectivity index (χ1) is 16.7. The van der Waals surface area contributed by atoms with Gasteiger partial charge in [-0.05, 0) is 68.3 Å². The van der Waals surface area contributed by atoms with Gasteiger partial charge in [-0.2, -0.15) is 0 Å². The summed E-state index contributed by atoms with van der Waals surface area (Å²) >= 11 is 0. The fourth-order valence-corrected chi connectivity index (χ4v) is 4.09. The van der Waals surface area contributed by atoms with Gasteiger partial charge in [-0.1, -0.05) is 48.6 Å². The second kappa shape index (κ2) is 11.2. The maximum atomic E-state index is 4.58. The first-order valence-electron chi connectivity index (χ1n) is 12.0. The molecule has 0 aliphatic carbocycles. The van der Waals surface area contributed by atoms with Crippen molar-refractivity contribution in [1.29, 1.82) is 0 Å². The van der Waals surface area contributed by atoms with Gasteiger partial charge in [-0.25, -0.2) is 4.57 Å². The number of hydrogen-bond donors (Lipinski definition) is 0. The third-order valence-corrected chi connectivity index (χ3v) is 5.80. The Kier molecular flexibility index (Phi) is 7.67. The fourth-order valence-electron chi connectivity index (χ4n) is 4.09. The minimum Gasteiger partial charge on any atom is -0.310 e. The molecule has 0 bridgehead atoms. The first kappa shape index (κ1) is 23.2. The number of pyridine rings is 1. The maximum absolute atomic E-state index is 4.58. The summed E-state index contributed by atoms with van der Waals surface area (Å²) in [4.78, 5) is 6.91. The molecular formula is C31H32N3+. The molecule has 170 valence electrons. The second-order valence-electron chi connectivity index (χ2n) is 8.05. The molecular weight excluding hydrogens is 414 g/mol. The van der Waals surface area contributed by atoms with Crippen molar-refractivity contribution in [1.82, 2.24) is 0 Å². The summed E-state index contributed by atoms with van der Waals surface area (Å²) in [5, 5.41) is 0. The van der Waals surface area contributed by atoms with Gasteiger partial charge in [0.05, 0.1) is 5.69 Å². The van der Waals surface area contributed by atoms with Crippen molar-refractivity contribution in [2.24, 2.45) is 4.99 Å². The second-order valence-corrected chi connectivity index (χ2v) is 8.05. The van der Waals surface area contributed by atoms with E-state index in [-0.39, 0.29) is 0 Å². The molecule has 0 aliphatic rings. The monoisotopic (exact) mass is 446 g/mol. The summed E-state index contributed by atoms with van der Waals surface area (Å²) in [5.41, 5.74) is 7.98. The van der Waals surface area contributed by atoms with E-state index in [2.05, 4.69) is 145 Å². The number of hydrogen-bond acceptors (Lipinski definition) is 2. The maximum Gasteiger partial charge on any atom is 0.169 e. The van der Waals surface area contributed by atoms with Gasteiger partial charge < -0.3 is 4.90 Å². The lowest BCUT2D eigenvalue weighted by molar-refractivity contribution is -0.693. The summed E-state index contributed by atoms with van der Waals surface area (Å²) < 4.78 is 2.18. The Bertz CT molecular complexity index is 1220. The Labute approximate surface area is 203 Å². The van der Waals surface area contributed by atoms with Gasteiger partial charge in [-0.3, -0.25) is 4.99 Å². The summed E-state index contributed by atoms with van der Waals surface area (Å²) in [5.74, 6) is 0. The average Bonchev–Trinajstić information content (AvgIpc) is 2.90. The zero-order chi connectivity index (χ0) is 23.8. The van der Waals surface area contributed by atoms with Crippen LogP contribution in [0.15, 0.2) is 108 Å². The van der Waals surface area contributed by atoms with E-state index >= 15 is 0 Å². The molecule has 0 atom stereocenters. The molecule has 0 amide bonds. The van der Waals surface area contributed by atoms with Crippen LogP contribution in [0, 0.1) is 0 Å². The molecule has 0 unspecified atom stereocenters. The van der Waals surface area contributed by atoms with Crippen molar-refractivity contribution < 1.29 is 4.57 Å². The summed E-state index contributed by atoms with van der Waals surface area (Å²) in [7, 11) is 0. The smallest absolute Gasteiger partial charge is 0.169 e. The summed E-state index contributed by atoms with van der Waals surface area (Å²) in [6.45, 7) is 7.98. The number of aryl methyl sites for hydroxylation is 1. The molecule has 0 fully saturated rings. The number of aliphatic imine (C=N–C) groups is 1. The molecule has 1 heterocycles. The molecule has 0 saturated heterocycles. The van der Waals surface area contributed by atoms with Gasteiger partial charge in [0.25, 0.3) is 0 Å². The zero-order valence-electron chi connectivity index (χ0n) is 20.2. The van der Waals surface area contributed by atoms with E-state index in [0.717, 1.165) is 41.3 Å². The van der Waals surface area contributed by atoms with Crippen LogP contribution in [0.5, 0.6) is 0 Å². The first-order valence-corrected chi connectivity index (χ1v) is 12.0. The largest absolute Gasteiger partial charge is 0.310 e. The Morgan fingerprint density at radius 2 is 1.41 bits per heavy atom. The van der Waals surface area contributed by atoms with Crippen LogP contribution in [0.4, 0.5) is 17.1 Å². The number of allylic oxidation sites excluding steroid dienone is 1. The SMILES string of the molecule is C/C=C\c1cc(-c2cc[n+](CC)cc2)c(N(c2ccccc2)c2ccccc2)cc1C=NCC. The van der Waals surface area contributed by atoms with E-state index in [1.165, 1.54) is 11.1 Å². The molecule has 4 aromatic rings. The van der Waals surface area contributed by atoms with Crippen molar-refractivity contribution in [3.8, 4) is 11.1 Å². The highest BCUT2D eigenvalue weighted by Gasteiger charge is 2.19. The molecule has 3 heteroatoms. The molecule has 0 N–H and O–H groups in total. The Morgan fingerprint density at radius 1 is 0.794 bits per heavy atom. The number of aromatic nitrogens is 1. The number of benzene rings is 3. The molecule has 0 saturated carbocycles. The number of rotatable bonds is 8. The van der Waals surface area contributed by atoms with E-state index in [1.807, 2.05) is 6.21 Å². The van der Waals surface area contributed by atoms with Crippen LogP contribution in [-0.2, 0) is 6.54 Å². The standard InChI is InChI=1S/C31H32N3/c1-4-13-26-22-30(25-18-20-33(6-3)21-19-25)31(23-27(26)24-32-5-2)34(28-14-9-7-10-15-28)29-16-11-8-12-17-29/h4,7-24H,5-6H2,1-3H3/q+1/b13-4-,32-24?. The van der Waals surface area contributed by atoms with E-state index in [9.17, 15) is 0 Å². The molecule has 0 radical (unpaired) electrons. The third-order valence-electron chi connectivity index (χ3n) is 5.80. The van der Waals surface area contributed by atoms with Gasteiger partial charge in [0.1, 0.15) is 6.54 Å².